The van der Waals surface area contributed by atoms with E-state index in [-0.39, 0.29) is 25.0 Å². The summed E-state index contributed by atoms with van der Waals surface area (Å²) in [4.78, 5) is 15.7. The number of nitrogens with zero attached hydrogens (tertiary/aromatic N) is 7. The Morgan fingerprint density at radius 2 is 2.03 bits per heavy atom. The maximum Gasteiger partial charge on any atom is 0.451 e. The minimum atomic E-state index is -4.52. The zero-order valence-corrected chi connectivity index (χ0v) is 17.7. The summed E-state index contributed by atoms with van der Waals surface area (Å²) in [5.41, 5.74) is 0. The average molecular weight is 453 g/mol. The molecule has 1 atom stereocenters. The Kier molecular flexibility index (Phi) is 5.10. The van der Waals surface area contributed by atoms with E-state index < -0.39 is 12.0 Å². The molecule has 0 bridgehead atoms. The number of hydrogen-bond donors (Lipinski definition) is 1. The molecule has 0 unspecified atom stereocenters. The smallest absolute Gasteiger partial charge is 0.392 e. The Labute approximate surface area is 180 Å². The SMILES string of the molecule is CCc1cc2c(N3CCn4c(nnc4C(F)(F)F)C3)nc(CN3CC[C@@H](O)C3)nc2s1. The Morgan fingerprint density at radius 1 is 1.19 bits per heavy atom. The highest BCUT2D eigenvalue weighted by atomic mass is 32.1. The monoisotopic (exact) mass is 453 g/mol. The minimum Gasteiger partial charge on any atom is -0.392 e. The molecule has 5 heterocycles. The normalized spacial score (nSPS) is 20.0. The predicted octanol–water partition coefficient (Wildman–Crippen LogP) is 2.45. The average Bonchev–Trinajstić information content (AvgIpc) is 3.43. The number of halogens is 3. The van der Waals surface area contributed by atoms with Crippen molar-refractivity contribution in [3.63, 3.8) is 0 Å². The van der Waals surface area contributed by atoms with Gasteiger partial charge in [-0.3, -0.25) is 4.90 Å². The van der Waals surface area contributed by atoms with Crippen LogP contribution >= 0.6 is 11.3 Å². The van der Waals surface area contributed by atoms with Crippen molar-refractivity contribution in [2.75, 3.05) is 24.5 Å². The molecule has 0 aromatic carbocycles. The highest BCUT2D eigenvalue weighted by molar-refractivity contribution is 7.18. The summed E-state index contributed by atoms with van der Waals surface area (Å²) in [6.45, 7) is 4.70. The van der Waals surface area contributed by atoms with Crippen LogP contribution in [0.1, 0.15) is 35.7 Å². The number of β-amino-alcohol motifs (C(OH)–C–C–N with tert-alkyl or cyclic N) is 1. The number of likely N-dealkylation sites (tertiary alicyclic amines) is 1. The third-order valence-corrected chi connectivity index (χ3v) is 6.91. The molecule has 8 nitrogen and oxygen atoms in total. The van der Waals surface area contributed by atoms with E-state index >= 15 is 0 Å². The number of aliphatic hydroxyl groups excluding tert-OH is 1. The van der Waals surface area contributed by atoms with Crippen LogP contribution in [0.3, 0.4) is 0 Å². The van der Waals surface area contributed by atoms with Crippen molar-refractivity contribution >= 4 is 27.4 Å². The molecule has 1 N–H and O–H groups in total. The van der Waals surface area contributed by atoms with Crippen LogP contribution in [0.15, 0.2) is 6.07 Å². The molecule has 3 aromatic rings. The van der Waals surface area contributed by atoms with Crippen LogP contribution < -0.4 is 4.90 Å². The van der Waals surface area contributed by atoms with Crippen molar-refractivity contribution < 1.29 is 18.3 Å². The molecule has 166 valence electrons. The second-order valence-corrected chi connectivity index (χ2v) is 9.05. The van der Waals surface area contributed by atoms with Crippen molar-refractivity contribution in [3.05, 3.63) is 28.4 Å². The summed E-state index contributed by atoms with van der Waals surface area (Å²) in [6, 6.07) is 2.07. The Bertz CT molecular complexity index is 1110. The number of alkyl halides is 3. The van der Waals surface area contributed by atoms with E-state index in [0.717, 1.165) is 40.0 Å². The molecular formula is C19H22F3N7OS. The topological polar surface area (TPSA) is 83.2 Å². The van der Waals surface area contributed by atoms with Crippen molar-refractivity contribution in [1.29, 1.82) is 0 Å². The zero-order chi connectivity index (χ0) is 21.8. The number of thiophene rings is 1. The number of fused-ring (bicyclic) bond motifs is 2. The molecule has 0 spiro atoms. The number of rotatable bonds is 4. The van der Waals surface area contributed by atoms with Crippen molar-refractivity contribution in [2.24, 2.45) is 0 Å². The first-order chi connectivity index (χ1) is 14.8. The number of aliphatic hydroxyl groups is 1. The highest BCUT2D eigenvalue weighted by Crippen LogP contribution is 2.35. The summed E-state index contributed by atoms with van der Waals surface area (Å²) in [5.74, 6) is 0.704. The standard InChI is InChI=1S/C19H22F3N7OS/c1-2-12-7-13-16(23-14(24-17(13)31-12)9-27-4-3-11(30)8-27)28-5-6-29-15(10-28)25-26-18(29)19(20,21)22/h7,11,30H,2-6,8-10H2,1H3/t11-/m1/s1. The van der Waals surface area contributed by atoms with Gasteiger partial charge in [-0.05, 0) is 18.9 Å². The molecule has 2 aliphatic heterocycles. The third kappa shape index (κ3) is 3.87. The first-order valence-corrected chi connectivity index (χ1v) is 11.1. The molecule has 5 rings (SSSR count). The summed E-state index contributed by atoms with van der Waals surface area (Å²) in [7, 11) is 0. The van der Waals surface area contributed by atoms with Gasteiger partial charge in [0.1, 0.15) is 16.5 Å². The van der Waals surface area contributed by atoms with Crippen LogP contribution in [-0.2, 0) is 32.2 Å². The van der Waals surface area contributed by atoms with Crippen molar-refractivity contribution in [1.82, 2.24) is 29.6 Å². The number of hydrogen-bond acceptors (Lipinski definition) is 8. The number of anilines is 1. The van der Waals surface area contributed by atoms with Crippen LogP contribution in [0.25, 0.3) is 10.2 Å². The molecule has 1 fully saturated rings. The van der Waals surface area contributed by atoms with Crippen LogP contribution in [0.5, 0.6) is 0 Å². The van der Waals surface area contributed by atoms with Gasteiger partial charge in [-0.2, -0.15) is 13.2 Å². The first kappa shape index (κ1) is 20.6. The van der Waals surface area contributed by atoms with Crippen LogP contribution in [-0.4, -0.2) is 60.5 Å². The van der Waals surface area contributed by atoms with Gasteiger partial charge >= 0.3 is 6.18 Å². The van der Waals surface area contributed by atoms with E-state index in [0.29, 0.717) is 25.5 Å². The van der Waals surface area contributed by atoms with E-state index in [4.69, 9.17) is 9.97 Å². The van der Waals surface area contributed by atoms with E-state index in [1.165, 1.54) is 4.88 Å². The summed E-state index contributed by atoms with van der Waals surface area (Å²) in [6.07, 6.45) is -3.24. The van der Waals surface area contributed by atoms with Crippen LogP contribution in [0.2, 0.25) is 0 Å². The van der Waals surface area contributed by atoms with Gasteiger partial charge < -0.3 is 14.6 Å². The molecule has 0 aliphatic carbocycles. The van der Waals surface area contributed by atoms with E-state index in [1.807, 2.05) is 4.90 Å². The third-order valence-electron chi connectivity index (χ3n) is 5.74. The van der Waals surface area contributed by atoms with E-state index in [1.54, 1.807) is 11.3 Å². The van der Waals surface area contributed by atoms with Crippen LogP contribution in [0, 0.1) is 0 Å². The van der Waals surface area contributed by atoms with Crippen LogP contribution in [0.4, 0.5) is 19.0 Å². The van der Waals surface area contributed by atoms with Gasteiger partial charge in [0, 0.05) is 31.1 Å². The summed E-state index contributed by atoms with van der Waals surface area (Å²) >= 11 is 1.61. The highest BCUT2D eigenvalue weighted by Gasteiger charge is 2.39. The molecule has 0 amide bonds. The maximum absolute atomic E-state index is 13.2. The quantitative estimate of drug-likeness (QED) is 0.650. The number of aryl methyl sites for hydroxylation is 1. The Morgan fingerprint density at radius 3 is 2.74 bits per heavy atom. The molecule has 0 saturated carbocycles. The lowest BCUT2D eigenvalue weighted by Crippen LogP contribution is -2.36. The Balaban J connectivity index is 1.49. The van der Waals surface area contributed by atoms with Crippen molar-refractivity contribution in [3.8, 4) is 0 Å². The second-order valence-electron chi connectivity index (χ2n) is 7.94. The van der Waals surface area contributed by atoms with Gasteiger partial charge in [0.15, 0.2) is 5.82 Å². The molecular weight excluding hydrogens is 431 g/mol. The Hall–Kier alpha value is -2.31. The lowest BCUT2D eigenvalue weighted by molar-refractivity contribution is -0.147. The van der Waals surface area contributed by atoms with Gasteiger partial charge in [-0.25, -0.2) is 9.97 Å². The molecule has 0 radical (unpaired) electrons. The maximum atomic E-state index is 13.2. The zero-order valence-electron chi connectivity index (χ0n) is 16.9. The van der Waals surface area contributed by atoms with Gasteiger partial charge in [0.25, 0.3) is 0 Å². The van der Waals surface area contributed by atoms with Gasteiger partial charge in [-0.15, -0.1) is 21.5 Å². The molecule has 1 saturated heterocycles. The second kappa shape index (κ2) is 7.68. The molecule has 3 aromatic heterocycles. The van der Waals surface area contributed by atoms with Gasteiger partial charge in [0.2, 0.25) is 5.82 Å². The van der Waals surface area contributed by atoms with Gasteiger partial charge in [-0.1, -0.05) is 6.92 Å². The fraction of sp³-hybridized carbons (Fsp3) is 0.579. The molecule has 2 aliphatic rings. The lowest BCUT2D eigenvalue weighted by atomic mass is 10.2. The fourth-order valence-corrected chi connectivity index (χ4v) is 5.17. The van der Waals surface area contributed by atoms with E-state index in [2.05, 4.69) is 28.1 Å². The lowest BCUT2D eigenvalue weighted by Gasteiger charge is -2.29. The number of aromatic nitrogens is 5. The molecule has 31 heavy (non-hydrogen) atoms. The molecule has 12 heteroatoms. The van der Waals surface area contributed by atoms with E-state index in [9.17, 15) is 18.3 Å². The summed E-state index contributed by atoms with van der Waals surface area (Å²) < 4.78 is 40.7. The largest absolute Gasteiger partial charge is 0.451 e. The minimum absolute atomic E-state index is 0.140. The first-order valence-electron chi connectivity index (χ1n) is 10.3. The van der Waals surface area contributed by atoms with Crippen molar-refractivity contribution in [2.45, 2.75) is 51.7 Å². The van der Waals surface area contributed by atoms with Gasteiger partial charge in [0.05, 0.1) is 24.6 Å². The predicted molar refractivity (Wildman–Crippen MR) is 109 cm³/mol. The summed E-state index contributed by atoms with van der Waals surface area (Å²) in [5, 5.41) is 17.9. The fourth-order valence-electron chi connectivity index (χ4n) is 4.19.